The van der Waals surface area contributed by atoms with Gasteiger partial charge in [-0.1, -0.05) is 18.9 Å². The lowest BCUT2D eigenvalue weighted by Gasteiger charge is -2.39. The highest BCUT2D eigenvalue weighted by atomic mass is 16.7. The molecule has 23 heavy (non-hydrogen) atoms. The molecule has 2 N–H and O–H groups in total. The van der Waals surface area contributed by atoms with Crippen LogP contribution in [-0.4, -0.2) is 50.2 Å². The molecule has 130 valence electrons. The summed E-state index contributed by atoms with van der Waals surface area (Å²) in [6.07, 6.45) is 3.31. The van der Waals surface area contributed by atoms with Crippen LogP contribution in [-0.2, 0) is 9.47 Å². The molecule has 0 aliphatic heterocycles. The number of rotatable bonds is 8. The van der Waals surface area contributed by atoms with E-state index in [1.165, 1.54) is 0 Å². The van der Waals surface area contributed by atoms with Crippen LogP contribution in [0.2, 0.25) is 0 Å². The second-order valence-electron chi connectivity index (χ2n) is 5.86. The van der Waals surface area contributed by atoms with Gasteiger partial charge in [-0.2, -0.15) is 0 Å². The SMILES string of the molecule is COCOc1ccc(C2CCCCC2(O)CO)c(OCOC)c1. The fourth-order valence-corrected chi connectivity index (χ4v) is 3.12. The van der Waals surface area contributed by atoms with Gasteiger partial charge in [0.2, 0.25) is 0 Å². The molecule has 1 aliphatic carbocycles. The molecule has 0 radical (unpaired) electrons. The van der Waals surface area contributed by atoms with E-state index in [2.05, 4.69) is 0 Å². The normalized spacial score (nSPS) is 24.4. The molecule has 1 aromatic rings. The Bertz CT molecular complexity index is 492. The van der Waals surface area contributed by atoms with E-state index >= 15 is 0 Å². The van der Waals surface area contributed by atoms with Gasteiger partial charge in [-0.3, -0.25) is 0 Å². The van der Waals surface area contributed by atoms with Gasteiger partial charge in [0.1, 0.15) is 11.5 Å². The summed E-state index contributed by atoms with van der Waals surface area (Å²) in [6, 6.07) is 5.47. The Labute approximate surface area is 136 Å². The van der Waals surface area contributed by atoms with Crippen LogP contribution in [0.1, 0.15) is 37.2 Å². The molecule has 6 nitrogen and oxygen atoms in total. The third-order valence-corrected chi connectivity index (χ3v) is 4.31. The minimum atomic E-state index is -1.11. The summed E-state index contributed by atoms with van der Waals surface area (Å²) in [7, 11) is 3.11. The summed E-state index contributed by atoms with van der Waals surface area (Å²) in [5.41, 5.74) is -0.249. The lowest BCUT2D eigenvalue weighted by atomic mass is 9.72. The molecule has 1 aliphatic rings. The fourth-order valence-electron chi connectivity index (χ4n) is 3.12. The van der Waals surface area contributed by atoms with Crippen LogP contribution in [0.3, 0.4) is 0 Å². The predicted octanol–water partition coefficient (Wildman–Crippen LogP) is 2.03. The first-order chi connectivity index (χ1) is 11.1. The molecule has 1 aromatic carbocycles. The molecule has 0 saturated heterocycles. The van der Waals surface area contributed by atoms with Crippen molar-refractivity contribution in [2.45, 2.75) is 37.2 Å². The van der Waals surface area contributed by atoms with E-state index in [1.807, 2.05) is 12.1 Å². The van der Waals surface area contributed by atoms with Crippen LogP contribution in [0.25, 0.3) is 0 Å². The topological polar surface area (TPSA) is 77.4 Å². The number of aliphatic hydroxyl groups excluding tert-OH is 1. The molecule has 2 rings (SSSR count). The van der Waals surface area contributed by atoms with Crippen molar-refractivity contribution in [1.82, 2.24) is 0 Å². The van der Waals surface area contributed by atoms with Crippen LogP contribution in [0.4, 0.5) is 0 Å². The fraction of sp³-hybridized carbons (Fsp3) is 0.647. The first kappa shape index (κ1) is 18.0. The van der Waals surface area contributed by atoms with Crippen molar-refractivity contribution in [3.05, 3.63) is 23.8 Å². The highest BCUT2D eigenvalue weighted by Gasteiger charge is 2.40. The van der Waals surface area contributed by atoms with Crippen molar-refractivity contribution in [2.75, 3.05) is 34.4 Å². The third-order valence-electron chi connectivity index (χ3n) is 4.31. The van der Waals surface area contributed by atoms with E-state index in [0.717, 1.165) is 24.8 Å². The van der Waals surface area contributed by atoms with Gasteiger partial charge in [0.15, 0.2) is 13.6 Å². The molecule has 0 amide bonds. The molecule has 2 atom stereocenters. The molecule has 0 heterocycles. The van der Waals surface area contributed by atoms with Crippen LogP contribution in [0.15, 0.2) is 18.2 Å². The van der Waals surface area contributed by atoms with E-state index in [9.17, 15) is 10.2 Å². The van der Waals surface area contributed by atoms with E-state index in [0.29, 0.717) is 17.9 Å². The van der Waals surface area contributed by atoms with Crippen LogP contribution in [0.5, 0.6) is 11.5 Å². The van der Waals surface area contributed by atoms with E-state index in [4.69, 9.17) is 18.9 Å². The standard InChI is InChI=1S/C17H26O6/c1-20-11-22-13-6-7-14(16(9-13)23-12-21-2)15-5-3-4-8-17(15,19)10-18/h6-7,9,15,18-19H,3-5,8,10-12H2,1-2H3. The third kappa shape index (κ3) is 4.35. The van der Waals surface area contributed by atoms with Gasteiger partial charge in [-0.15, -0.1) is 0 Å². The van der Waals surface area contributed by atoms with Gasteiger partial charge in [0.05, 0.1) is 12.2 Å². The molecule has 1 fully saturated rings. The van der Waals surface area contributed by atoms with Gasteiger partial charge >= 0.3 is 0 Å². The average Bonchev–Trinajstić information content (AvgIpc) is 2.59. The first-order valence-corrected chi connectivity index (χ1v) is 7.85. The Morgan fingerprint density at radius 1 is 1.13 bits per heavy atom. The van der Waals surface area contributed by atoms with E-state index in [-0.39, 0.29) is 26.1 Å². The maximum Gasteiger partial charge on any atom is 0.188 e. The minimum Gasteiger partial charge on any atom is -0.467 e. The van der Waals surface area contributed by atoms with Crippen molar-refractivity contribution >= 4 is 0 Å². The van der Waals surface area contributed by atoms with Crippen LogP contribution >= 0.6 is 0 Å². The maximum atomic E-state index is 10.8. The van der Waals surface area contributed by atoms with Crippen molar-refractivity contribution in [3.63, 3.8) is 0 Å². The summed E-state index contributed by atoms with van der Waals surface area (Å²) in [6.45, 7) is -0.0125. The lowest BCUT2D eigenvalue weighted by molar-refractivity contribution is -0.0604. The zero-order valence-electron chi connectivity index (χ0n) is 13.8. The summed E-state index contributed by atoms with van der Waals surface area (Å²) in [5.74, 6) is 1.04. The van der Waals surface area contributed by atoms with Gasteiger partial charge in [-0.25, -0.2) is 0 Å². The highest BCUT2D eigenvalue weighted by Crippen LogP contribution is 2.44. The number of hydrogen-bond donors (Lipinski definition) is 2. The van der Waals surface area contributed by atoms with E-state index in [1.54, 1.807) is 20.3 Å². The number of hydrogen-bond acceptors (Lipinski definition) is 6. The summed E-state index contributed by atoms with van der Waals surface area (Å²) < 4.78 is 21.0. The second kappa shape index (κ2) is 8.49. The first-order valence-electron chi connectivity index (χ1n) is 7.85. The average molecular weight is 326 g/mol. The number of benzene rings is 1. The Morgan fingerprint density at radius 2 is 1.87 bits per heavy atom. The predicted molar refractivity (Wildman–Crippen MR) is 84.7 cm³/mol. The zero-order valence-corrected chi connectivity index (χ0v) is 13.8. The second-order valence-corrected chi connectivity index (χ2v) is 5.86. The maximum absolute atomic E-state index is 10.8. The Morgan fingerprint density at radius 3 is 2.57 bits per heavy atom. The van der Waals surface area contributed by atoms with Crippen molar-refractivity contribution < 1.29 is 29.2 Å². The highest BCUT2D eigenvalue weighted by molar-refractivity contribution is 5.44. The molecular formula is C17H26O6. The van der Waals surface area contributed by atoms with Gasteiger partial charge in [0.25, 0.3) is 0 Å². The van der Waals surface area contributed by atoms with Crippen LogP contribution in [0, 0.1) is 0 Å². The molecule has 0 bridgehead atoms. The van der Waals surface area contributed by atoms with Gasteiger partial charge < -0.3 is 29.2 Å². The molecular weight excluding hydrogens is 300 g/mol. The van der Waals surface area contributed by atoms with Gasteiger partial charge in [-0.05, 0) is 18.9 Å². The summed E-state index contributed by atoms with van der Waals surface area (Å²) in [5, 5.41) is 20.4. The Hall–Kier alpha value is -1.34. The molecule has 0 spiro atoms. The molecule has 1 saturated carbocycles. The lowest BCUT2D eigenvalue weighted by Crippen LogP contribution is -2.42. The summed E-state index contributed by atoms with van der Waals surface area (Å²) in [4.78, 5) is 0. The van der Waals surface area contributed by atoms with Gasteiger partial charge in [0, 0.05) is 31.8 Å². The number of methoxy groups -OCH3 is 2. The van der Waals surface area contributed by atoms with Crippen molar-refractivity contribution in [1.29, 1.82) is 0 Å². The minimum absolute atomic E-state index is 0.102. The smallest absolute Gasteiger partial charge is 0.188 e. The Balaban J connectivity index is 2.30. The monoisotopic (exact) mass is 326 g/mol. The van der Waals surface area contributed by atoms with Crippen molar-refractivity contribution in [3.8, 4) is 11.5 Å². The molecule has 2 unspecified atom stereocenters. The zero-order chi connectivity index (χ0) is 16.7. The summed E-state index contributed by atoms with van der Waals surface area (Å²) >= 11 is 0. The number of ether oxygens (including phenoxy) is 4. The number of aliphatic hydroxyl groups is 2. The molecule has 6 heteroatoms. The van der Waals surface area contributed by atoms with Crippen LogP contribution < -0.4 is 9.47 Å². The van der Waals surface area contributed by atoms with E-state index < -0.39 is 5.60 Å². The largest absolute Gasteiger partial charge is 0.467 e. The Kier molecular flexibility index (Phi) is 6.65. The van der Waals surface area contributed by atoms with Crippen molar-refractivity contribution in [2.24, 2.45) is 0 Å². The quantitative estimate of drug-likeness (QED) is 0.712. The molecule has 0 aromatic heterocycles.